The summed E-state index contributed by atoms with van der Waals surface area (Å²) in [6, 6.07) is 7.15. The van der Waals surface area contributed by atoms with Crippen molar-refractivity contribution in [2.24, 2.45) is 0 Å². The first-order valence-corrected chi connectivity index (χ1v) is 5.35. The highest BCUT2D eigenvalue weighted by atomic mass is 16.5. The lowest BCUT2D eigenvalue weighted by molar-refractivity contribution is -0.121. The largest absolute Gasteiger partial charge is 0.493 e. The molecule has 0 saturated carbocycles. The first kappa shape index (κ1) is 12.5. The summed E-state index contributed by atoms with van der Waals surface area (Å²) in [6.07, 6.45) is 0.357. The van der Waals surface area contributed by atoms with Crippen molar-refractivity contribution in [2.75, 3.05) is 13.2 Å². The van der Waals surface area contributed by atoms with Gasteiger partial charge in [-0.3, -0.25) is 4.79 Å². The van der Waals surface area contributed by atoms with Crippen LogP contribution in [0.5, 0.6) is 5.75 Å². The Morgan fingerprint density at radius 2 is 2.06 bits per heavy atom. The topological polar surface area (TPSA) is 58.6 Å². The summed E-state index contributed by atoms with van der Waals surface area (Å²) < 4.78 is 5.38. The Morgan fingerprint density at radius 3 is 2.62 bits per heavy atom. The monoisotopic (exact) mass is 223 g/mol. The first-order chi connectivity index (χ1) is 7.76. The molecule has 4 nitrogen and oxygen atoms in total. The third kappa shape index (κ3) is 4.31. The molecule has 0 saturated heterocycles. The number of carbonyl (C=O) groups excluding carboxylic acids is 1. The number of aliphatic hydroxyl groups excluding tert-OH is 1. The smallest absolute Gasteiger partial charge is 0.223 e. The summed E-state index contributed by atoms with van der Waals surface area (Å²) in [4.78, 5) is 11.1. The van der Waals surface area contributed by atoms with Gasteiger partial charge in [0.1, 0.15) is 5.75 Å². The SMILES string of the molecule is CCNC(=O)CCOc1ccc(CO)cc1. The zero-order valence-electron chi connectivity index (χ0n) is 9.40. The predicted octanol–water partition coefficient (Wildman–Crippen LogP) is 1.08. The number of carbonyl (C=O) groups is 1. The van der Waals surface area contributed by atoms with E-state index in [1.165, 1.54) is 0 Å². The normalized spacial score (nSPS) is 9.88. The van der Waals surface area contributed by atoms with Gasteiger partial charge in [0.15, 0.2) is 0 Å². The van der Waals surface area contributed by atoms with Gasteiger partial charge in [-0.25, -0.2) is 0 Å². The highest BCUT2D eigenvalue weighted by molar-refractivity contribution is 5.75. The van der Waals surface area contributed by atoms with Gasteiger partial charge < -0.3 is 15.2 Å². The van der Waals surface area contributed by atoms with Crippen LogP contribution in [-0.2, 0) is 11.4 Å². The molecule has 0 aliphatic rings. The van der Waals surface area contributed by atoms with Crippen LogP contribution >= 0.6 is 0 Å². The van der Waals surface area contributed by atoms with Crippen molar-refractivity contribution in [3.05, 3.63) is 29.8 Å². The van der Waals surface area contributed by atoms with Crippen LogP contribution in [0.15, 0.2) is 24.3 Å². The van der Waals surface area contributed by atoms with E-state index in [1.807, 2.05) is 6.92 Å². The van der Waals surface area contributed by atoms with E-state index in [-0.39, 0.29) is 12.5 Å². The molecular weight excluding hydrogens is 206 g/mol. The Labute approximate surface area is 95.2 Å². The third-order valence-electron chi connectivity index (χ3n) is 2.08. The molecule has 0 heterocycles. The van der Waals surface area contributed by atoms with Crippen LogP contribution in [0.25, 0.3) is 0 Å². The Bertz CT molecular complexity index is 322. The average molecular weight is 223 g/mol. The summed E-state index contributed by atoms with van der Waals surface area (Å²) in [7, 11) is 0. The molecule has 1 amide bonds. The molecule has 1 aromatic carbocycles. The lowest BCUT2D eigenvalue weighted by atomic mass is 10.2. The number of hydrogen-bond acceptors (Lipinski definition) is 3. The van der Waals surface area contributed by atoms with Gasteiger partial charge in [0, 0.05) is 6.54 Å². The predicted molar refractivity (Wildman–Crippen MR) is 61.2 cm³/mol. The minimum absolute atomic E-state index is 0.00511. The molecule has 1 rings (SSSR count). The minimum atomic E-state index is -0.00511. The van der Waals surface area contributed by atoms with E-state index in [2.05, 4.69) is 5.32 Å². The molecule has 2 N–H and O–H groups in total. The van der Waals surface area contributed by atoms with Gasteiger partial charge in [0.2, 0.25) is 5.91 Å². The lowest BCUT2D eigenvalue weighted by Crippen LogP contribution is -2.24. The Balaban J connectivity index is 2.29. The van der Waals surface area contributed by atoms with Crippen molar-refractivity contribution in [3.8, 4) is 5.75 Å². The van der Waals surface area contributed by atoms with Crippen LogP contribution in [0.2, 0.25) is 0 Å². The highest BCUT2D eigenvalue weighted by Crippen LogP contribution is 2.12. The number of benzene rings is 1. The standard InChI is InChI=1S/C12H17NO3/c1-2-13-12(15)7-8-16-11-5-3-10(9-14)4-6-11/h3-6,14H,2,7-9H2,1H3,(H,13,15). The number of hydrogen-bond donors (Lipinski definition) is 2. The Morgan fingerprint density at radius 1 is 1.38 bits per heavy atom. The summed E-state index contributed by atoms with van der Waals surface area (Å²) in [6.45, 7) is 2.92. The molecule has 16 heavy (non-hydrogen) atoms. The van der Waals surface area contributed by atoms with Crippen molar-refractivity contribution in [3.63, 3.8) is 0 Å². The molecular formula is C12H17NO3. The summed E-state index contributed by atoms with van der Waals surface area (Å²) in [5.41, 5.74) is 0.844. The molecule has 0 unspecified atom stereocenters. The van der Waals surface area contributed by atoms with Crippen molar-refractivity contribution in [1.82, 2.24) is 5.32 Å². The summed E-state index contributed by atoms with van der Waals surface area (Å²) in [5.74, 6) is 0.705. The maximum atomic E-state index is 11.1. The Kier molecular flexibility index (Phi) is 5.36. The number of rotatable bonds is 6. The maximum absolute atomic E-state index is 11.1. The van der Waals surface area contributed by atoms with Crippen molar-refractivity contribution < 1.29 is 14.6 Å². The number of nitrogens with one attached hydrogen (secondary N) is 1. The Hall–Kier alpha value is -1.55. The average Bonchev–Trinajstić information content (AvgIpc) is 2.30. The molecule has 4 heteroatoms. The second-order valence-corrected chi connectivity index (χ2v) is 3.35. The van der Waals surface area contributed by atoms with E-state index in [4.69, 9.17) is 9.84 Å². The van der Waals surface area contributed by atoms with Crippen LogP contribution in [-0.4, -0.2) is 24.2 Å². The fourth-order valence-electron chi connectivity index (χ4n) is 1.24. The molecule has 0 bridgehead atoms. The number of amides is 1. The molecule has 0 aliphatic carbocycles. The van der Waals surface area contributed by atoms with Gasteiger partial charge in [-0.1, -0.05) is 12.1 Å². The molecule has 0 atom stereocenters. The number of aliphatic hydroxyl groups is 1. The minimum Gasteiger partial charge on any atom is -0.493 e. The fourth-order valence-corrected chi connectivity index (χ4v) is 1.24. The summed E-state index contributed by atoms with van der Waals surface area (Å²) >= 11 is 0. The van der Waals surface area contributed by atoms with E-state index in [0.29, 0.717) is 25.3 Å². The highest BCUT2D eigenvalue weighted by Gasteiger charge is 2.00. The second kappa shape index (κ2) is 6.85. The maximum Gasteiger partial charge on any atom is 0.223 e. The van der Waals surface area contributed by atoms with E-state index >= 15 is 0 Å². The molecule has 0 aliphatic heterocycles. The quantitative estimate of drug-likeness (QED) is 0.758. The van der Waals surface area contributed by atoms with E-state index < -0.39 is 0 Å². The zero-order valence-corrected chi connectivity index (χ0v) is 9.40. The van der Waals surface area contributed by atoms with Crippen molar-refractivity contribution >= 4 is 5.91 Å². The van der Waals surface area contributed by atoms with Gasteiger partial charge in [-0.2, -0.15) is 0 Å². The van der Waals surface area contributed by atoms with Crippen LogP contribution in [0.3, 0.4) is 0 Å². The van der Waals surface area contributed by atoms with Crippen LogP contribution in [0.1, 0.15) is 18.9 Å². The van der Waals surface area contributed by atoms with Crippen molar-refractivity contribution in [2.45, 2.75) is 20.0 Å². The van der Waals surface area contributed by atoms with E-state index in [1.54, 1.807) is 24.3 Å². The van der Waals surface area contributed by atoms with Gasteiger partial charge in [-0.05, 0) is 24.6 Å². The van der Waals surface area contributed by atoms with E-state index in [0.717, 1.165) is 5.56 Å². The van der Waals surface area contributed by atoms with E-state index in [9.17, 15) is 4.79 Å². The van der Waals surface area contributed by atoms with Crippen LogP contribution < -0.4 is 10.1 Å². The van der Waals surface area contributed by atoms with Gasteiger partial charge in [0.25, 0.3) is 0 Å². The number of ether oxygens (including phenoxy) is 1. The molecule has 0 aromatic heterocycles. The van der Waals surface area contributed by atoms with Gasteiger partial charge in [-0.15, -0.1) is 0 Å². The second-order valence-electron chi connectivity index (χ2n) is 3.35. The van der Waals surface area contributed by atoms with Crippen molar-refractivity contribution in [1.29, 1.82) is 0 Å². The molecule has 0 fully saturated rings. The van der Waals surface area contributed by atoms with Crippen LogP contribution in [0.4, 0.5) is 0 Å². The van der Waals surface area contributed by atoms with Gasteiger partial charge in [0.05, 0.1) is 19.6 Å². The molecule has 88 valence electrons. The molecule has 1 aromatic rings. The zero-order chi connectivity index (χ0) is 11.8. The molecule has 0 radical (unpaired) electrons. The fraction of sp³-hybridized carbons (Fsp3) is 0.417. The van der Waals surface area contributed by atoms with Crippen LogP contribution in [0, 0.1) is 0 Å². The summed E-state index contributed by atoms with van der Waals surface area (Å²) in [5, 5.41) is 11.5. The lowest BCUT2D eigenvalue weighted by Gasteiger charge is -2.06. The third-order valence-corrected chi connectivity index (χ3v) is 2.08. The molecule has 0 spiro atoms. The first-order valence-electron chi connectivity index (χ1n) is 5.35. The van der Waals surface area contributed by atoms with Gasteiger partial charge >= 0.3 is 0 Å².